The Morgan fingerprint density at radius 1 is 0.750 bits per heavy atom. The molecule has 1 unspecified atom stereocenters. The number of carbonyl (C=O) groups is 4. The Hall–Kier alpha value is -5.58. The van der Waals surface area contributed by atoms with Gasteiger partial charge in [0, 0.05) is 35.5 Å². The van der Waals surface area contributed by atoms with E-state index in [2.05, 4.69) is 53.6 Å². The zero-order chi connectivity index (χ0) is 37.5. The number of amides is 3. The summed E-state index contributed by atoms with van der Waals surface area (Å²) in [5, 5.41) is 16.3. The fourth-order valence-corrected chi connectivity index (χ4v) is 5.39. The number of rotatable bonds is 18. The van der Waals surface area contributed by atoms with Crippen molar-refractivity contribution in [1.29, 1.82) is 0 Å². The molecule has 0 saturated heterocycles. The van der Waals surface area contributed by atoms with E-state index in [0.29, 0.717) is 18.0 Å². The summed E-state index contributed by atoms with van der Waals surface area (Å²) >= 11 is 0. The lowest BCUT2D eigenvalue weighted by Gasteiger charge is -2.20. The highest BCUT2D eigenvalue weighted by atomic mass is 16.5. The zero-order valence-corrected chi connectivity index (χ0v) is 30.4. The molecule has 0 aliphatic rings. The minimum absolute atomic E-state index is 0.0907. The lowest BCUT2D eigenvalue weighted by Crippen LogP contribution is -2.50. The molecule has 1 aromatic heterocycles. The second-order valence-corrected chi connectivity index (χ2v) is 13.7. The Morgan fingerprint density at radius 3 is 2.00 bits per heavy atom. The van der Waals surface area contributed by atoms with Crippen LogP contribution in [0, 0.1) is 0 Å². The summed E-state index contributed by atoms with van der Waals surface area (Å²) in [6, 6.07) is 21.4. The molecule has 4 N–H and O–H groups in total. The molecule has 0 bridgehead atoms. The molecule has 4 rings (SSSR count). The van der Waals surface area contributed by atoms with Crippen molar-refractivity contribution in [1.82, 2.24) is 25.9 Å². The van der Waals surface area contributed by atoms with Gasteiger partial charge in [-0.1, -0.05) is 102 Å². The number of aromatic nitrogens is 2. The van der Waals surface area contributed by atoms with Crippen LogP contribution in [0.5, 0.6) is 5.75 Å². The Balaban J connectivity index is 1.40. The Labute approximate surface area is 305 Å². The van der Waals surface area contributed by atoms with Crippen molar-refractivity contribution in [3.63, 3.8) is 0 Å². The van der Waals surface area contributed by atoms with E-state index in [-0.39, 0.29) is 11.8 Å². The monoisotopic (exact) mass is 707 g/mol. The summed E-state index contributed by atoms with van der Waals surface area (Å²) in [5.41, 5.74) is 4.74. The molecule has 3 aromatic carbocycles. The van der Waals surface area contributed by atoms with Gasteiger partial charge in [-0.15, -0.1) is 0 Å². The standard InChI is InChI=1S/C41H49N5O6/c1-5-6-7-8-9-22-52-34-20-16-29(17-21-34)32-24-43-38(44-25-32)30-12-10-28(11-13-30)23-35(40(51)45-26-36(47)42-27-37(48)49)46-39(50)31-14-18-33(19-15-31)41(2,3)4/h10-21,24-25,35H,5-9,22-23,26-27H2,1-4H3,(H,42,47)(H,45,51)(H,46,50)(H,48,49). The van der Waals surface area contributed by atoms with Gasteiger partial charge in [0.1, 0.15) is 18.3 Å². The first-order valence-corrected chi connectivity index (χ1v) is 17.7. The highest BCUT2D eigenvalue weighted by Gasteiger charge is 2.23. The smallest absolute Gasteiger partial charge is 0.322 e. The maximum atomic E-state index is 13.2. The fraction of sp³-hybridized carbons (Fsp3) is 0.366. The zero-order valence-electron chi connectivity index (χ0n) is 30.4. The lowest BCUT2D eigenvalue weighted by molar-refractivity contribution is -0.137. The van der Waals surface area contributed by atoms with E-state index < -0.39 is 42.8 Å². The van der Waals surface area contributed by atoms with E-state index in [0.717, 1.165) is 40.0 Å². The van der Waals surface area contributed by atoms with Gasteiger partial charge in [-0.3, -0.25) is 19.2 Å². The molecular weight excluding hydrogens is 658 g/mol. The molecule has 0 fully saturated rings. The average Bonchev–Trinajstić information content (AvgIpc) is 3.14. The third-order valence-electron chi connectivity index (χ3n) is 8.50. The molecule has 3 amide bonds. The molecule has 52 heavy (non-hydrogen) atoms. The van der Waals surface area contributed by atoms with Crippen molar-refractivity contribution in [2.75, 3.05) is 19.7 Å². The third kappa shape index (κ3) is 12.3. The Morgan fingerprint density at radius 2 is 1.38 bits per heavy atom. The van der Waals surface area contributed by atoms with Crippen molar-refractivity contribution in [3.8, 4) is 28.3 Å². The van der Waals surface area contributed by atoms with Gasteiger partial charge in [-0.2, -0.15) is 0 Å². The van der Waals surface area contributed by atoms with Crippen LogP contribution in [0.3, 0.4) is 0 Å². The number of carboxylic acids is 1. The molecule has 0 saturated carbocycles. The number of unbranched alkanes of at least 4 members (excludes halogenated alkanes) is 4. The van der Waals surface area contributed by atoms with Crippen molar-refractivity contribution in [3.05, 3.63) is 102 Å². The molecular formula is C41H49N5O6. The highest BCUT2D eigenvalue weighted by molar-refractivity contribution is 5.98. The van der Waals surface area contributed by atoms with Crippen LogP contribution in [0.25, 0.3) is 22.5 Å². The molecule has 1 atom stereocenters. The summed E-state index contributed by atoms with van der Waals surface area (Å²) in [6.45, 7) is 8.14. The molecule has 11 heteroatoms. The van der Waals surface area contributed by atoms with Gasteiger partial charge in [-0.25, -0.2) is 9.97 Å². The first-order chi connectivity index (χ1) is 24.9. The minimum atomic E-state index is -1.20. The van der Waals surface area contributed by atoms with Gasteiger partial charge in [0.15, 0.2) is 5.82 Å². The van der Waals surface area contributed by atoms with Gasteiger partial charge in [0.05, 0.1) is 13.2 Å². The molecule has 11 nitrogen and oxygen atoms in total. The van der Waals surface area contributed by atoms with Gasteiger partial charge in [0.25, 0.3) is 5.91 Å². The van der Waals surface area contributed by atoms with Crippen LogP contribution in [-0.4, -0.2) is 64.5 Å². The Kier molecular flexibility index (Phi) is 14.4. The van der Waals surface area contributed by atoms with E-state index in [9.17, 15) is 19.2 Å². The molecule has 0 aliphatic heterocycles. The third-order valence-corrected chi connectivity index (χ3v) is 8.50. The SMILES string of the molecule is CCCCCCCOc1ccc(-c2cnc(-c3ccc(CC(NC(=O)c4ccc(C(C)(C)C)cc4)C(=O)NCC(=O)NCC(=O)O)cc3)nc2)cc1. The largest absolute Gasteiger partial charge is 0.494 e. The van der Waals surface area contributed by atoms with Crippen molar-refractivity contribution in [2.24, 2.45) is 0 Å². The predicted octanol–water partition coefficient (Wildman–Crippen LogP) is 6.12. The van der Waals surface area contributed by atoms with Crippen LogP contribution in [0.2, 0.25) is 0 Å². The van der Waals surface area contributed by atoms with Gasteiger partial charge in [0.2, 0.25) is 11.8 Å². The van der Waals surface area contributed by atoms with E-state index in [1.165, 1.54) is 25.7 Å². The molecule has 0 radical (unpaired) electrons. The number of aliphatic carboxylic acids is 1. The minimum Gasteiger partial charge on any atom is -0.494 e. The maximum Gasteiger partial charge on any atom is 0.322 e. The van der Waals surface area contributed by atoms with Crippen molar-refractivity contribution in [2.45, 2.75) is 77.7 Å². The number of nitrogens with one attached hydrogen (secondary N) is 3. The first kappa shape index (κ1) is 39.2. The maximum absolute atomic E-state index is 13.2. The van der Waals surface area contributed by atoms with Crippen LogP contribution in [0.1, 0.15) is 81.3 Å². The number of hydrogen-bond acceptors (Lipinski definition) is 7. The van der Waals surface area contributed by atoms with Crippen LogP contribution >= 0.6 is 0 Å². The molecule has 0 spiro atoms. The summed E-state index contributed by atoms with van der Waals surface area (Å²) in [7, 11) is 0. The van der Waals surface area contributed by atoms with Crippen molar-refractivity contribution < 1.29 is 29.0 Å². The number of hydrogen-bond donors (Lipinski definition) is 4. The van der Waals surface area contributed by atoms with Crippen molar-refractivity contribution >= 4 is 23.7 Å². The van der Waals surface area contributed by atoms with Crippen LogP contribution in [-0.2, 0) is 26.2 Å². The van der Waals surface area contributed by atoms with Gasteiger partial charge >= 0.3 is 5.97 Å². The topological polar surface area (TPSA) is 160 Å². The fourth-order valence-electron chi connectivity index (χ4n) is 5.39. The van der Waals surface area contributed by atoms with E-state index in [1.807, 2.05) is 60.7 Å². The second-order valence-electron chi connectivity index (χ2n) is 13.7. The summed E-state index contributed by atoms with van der Waals surface area (Å²) in [4.78, 5) is 58.5. The first-order valence-electron chi connectivity index (χ1n) is 17.7. The summed E-state index contributed by atoms with van der Waals surface area (Å²) in [5.74, 6) is -1.52. The molecule has 4 aromatic rings. The van der Waals surface area contributed by atoms with E-state index in [1.54, 1.807) is 24.5 Å². The van der Waals surface area contributed by atoms with Crippen LogP contribution < -0.4 is 20.7 Å². The second kappa shape index (κ2) is 19.1. The predicted molar refractivity (Wildman–Crippen MR) is 201 cm³/mol. The van der Waals surface area contributed by atoms with E-state index >= 15 is 0 Å². The molecule has 1 heterocycles. The lowest BCUT2D eigenvalue weighted by atomic mass is 9.86. The summed E-state index contributed by atoms with van der Waals surface area (Å²) in [6.07, 6.45) is 9.65. The summed E-state index contributed by atoms with van der Waals surface area (Å²) < 4.78 is 5.88. The molecule has 274 valence electrons. The molecule has 0 aliphatic carbocycles. The number of carbonyl (C=O) groups excluding carboxylic acids is 3. The van der Waals surface area contributed by atoms with E-state index in [4.69, 9.17) is 9.84 Å². The normalized spacial score (nSPS) is 11.7. The highest BCUT2D eigenvalue weighted by Crippen LogP contribution is 2.24. The number of ether oxygens (including phenoxy) is 1. The Bertz CT molecular complexity index is 1770. The van der Waals surface area contributed by atoms with Gasteiger partial charge in [-0.05, 0) is 52.8 Å². The van der Waals surface area contributed by atoms with Crippen LogP contribution in [0.15, 0.2) is 85.2 Å². The number of carboxylic acid groups (broad SMARTS) is 1. The van der Waals surface area contributed by atoms with Crippen LogP contribution in [0.4, 0.5) is 0 Å². The number of nitrogens with zero attached hydrogens (tertiary/aromatic N) is 2. The quantitative estimate of drug-likeness (QED) is 0.0901. The van der Waals surface area contributed by atoms with Gasteiger partial charge < -0.3 is 25.8 Å². The average molecular weight is 708 g/mol. The number of benzene rings is 3.